The van der Waals surface area contributed by atoms with Crippen LogP contribution in [0.2, 0.25) is 0 Å². The minimum Gasteiger partial charge on any atom is -0.464 e. The molecular formula is C22H26N4O7S2. The predicted octanol–water partition coefficient (Wildman–Crippen LogP) is 2.00. The number of aryl methyl sites for hydroxylation is 1. The summed E-state index contributed by atoms with van der Waals surface area (Å²) < 4.78 is 62.9. The molecule has 2 N–H and O–H groups in total. The van der Waals surface area contributed by atoms with Gasteiger partial charge in [-0.1, -0.05) is 17.7 Å². The Balaban J connectivity index is 2.20. The fourth-order valence-electron chi connectivity index (χ4n) is 3.21. The van der Waals surface area contributed by atoms with Crippen LogP contribution in [0.3, 0.4) is 0 Å². The summed E-state index contributed by atoms with van der Waals surface area (Å²) in [5.41, 5.74) is 5.70. The number of anilines is 1. The van der Waals surface area contributed by atoms with E-state index in [0.29, 0.717) is 19.4 Å². The molecule has 0 fully saturated rings. The average molecular weight is 523 g/mol. The molecule has 1 aromatic carbocycles. The average Bonchev–Trinajstić information content (AvgIpc) is 2.83. The van der Waals surface area contributed by atoms with Crippen molar-refractivity contribution < 1.29 is 30.6 Å². The highest BCUT2D eigenvalue weighted by atomic mass is 32.2. The predicted molar refractivity (Wildman–Crippen MR) is 130 cm³/mol. The normalized spacial score (nSPS) is 11.9. The van der Waals surface area contributed by atoms with Gasteiger partial charge in [-0.15, -0.1) is 0 Å². The number of esters is 1. The molecule has 0 radical (unpaired) electrons. The molecule has 0 aliphatic heterocycles. The molecule has 0 amide bonds. The van der Waals surface area contributed by atoms with Gasteiger partial charge in [0.1, 0.15) is 10.4 Å². The van der Waals surface area contributed by atoms with Crippen LogP contribution in [0, 0.1) is 6.92 Å². The minimum absolute atomic E-state index is 0.0717. The van der Waals surface area contributed by atoms with Crippen LogP contribution < -0.4 is 14.2 Å². The lowest BCUT2D eigenvalue weighted by Gasteiger charge is -2.22. The third kappa shape index (κ3) is 5.69. The SMILES string of the molecule is COC(=O)c1nc(N(C)S(=O)(=O)CCCCN)c2cccnc2c1OS(=O)(=O)c1ccc(C)cc1. The zero-order valence-electron chi connectivity index (χ0n) is 19.5. The molecule has 0 spiro atoms. The molecule has 0 atom stereocenters. The van der Waals surface area contributed by atoms with Crippen molar-refractivity contribution in [3.05, 3.63) is 53.9 Å². The Morgan fingerprint density at radius 3 is 2.40 bits per heavy atom. The monoisotopic (exact) mass is 522 g/mol. The Morgan fingerprint density at radius 1 is 1.09 bits per heavy atom. The summed E-state index contributed by atoms with van der Waals surface area (Å²) in [5.74, 6) is -1.81. The molecule has 3 aromatic rings. The lowest BCUT2D eigenvalue weighted by Crippen LogP contribution is -2.31. The number of ether oxygens (including phenoxy) is 1. The van der Waals surface area contributed by atoms with Crippen LogP contribution in [0.15, 0.2) is 47.5 Å². The molecule has 0 aliphatic rings. The zero-order valence-corrected chi connectivity index (χ0v) is 21.1. The number of unbranched alkanes of at least 4 members (excludes halogenated alkanes) is 1. The van der Waals surface area contributed by atoms with E-state index in [2.05, 4.69) is 9.97 Å². The third-order valence-corrected chi connectivity index (χ3v) is 8.20. The molecular weight excluding hydrogens is 496 g/mol. The summed E-state index contributed by atoms with van der Waals surface area (Å²) in [6.45, 7) is 2.14. The molecule has 188 valence electrons. The number of pyridine rings is 2. The molecule has 2 heterocycles. The Kier molecular flexibility index (Phi) is 7.93. The summed E-state index contributed by atoms with van der Waals surface area (Å²) in [6.07, 6.45) is 2.20. The minimum atomic E-state index is -4.39. The number of methoxy groups -OCH3 is 1. The second-order valence-corrected chi connectivity index (χ2v) is 11.3. The van der Waals surface area contributed by atoms with Crippen LogP contribution in [-0.4, -0.2) is 59.2 Å². The van der Waals surface area contributed by atoms with Crippen molar-refractivity contribution in [1.82, 2.24) is 9.97 Å². The molecule has 2 aromatic heterocycles. The van der Waals surface area contributed by atoms with Crippen LogP contribution >= 0.6 is 0 Å². The second-order valence-electron chi connectivity index (χ2n) is 7.63. The van der Waals surface area contributed by atoms with E-state index in [-0.39, 0.29) is 27.4 Å². The first-order chi connectivity index (χ1) is 16.5. The van der Waals surface area contributed by atoms with Crippen LogP contribution in [0.5, 0.6) is 5.75 Å². The number of benzene rings is 1. The van der Waals surface area contributed by atoms with Gasteiger partial charge in [0.2, 0.25) is 15.8 Å². The lowest BCUT2D eigenvalue weighted by atomic mass is 10.2. The Morgan fingerprint density at radius 2 is 1.77 bits per heavy atom. The first kappa shape index (κ1) is 26.3. The second kappa shape index (κ2) is 10.5. The van der Waals surface area contributed by atoms with Gasteiger partial charge >= 0.3 is 16.1 Å². The summed E-state index contributed by atoms with van der Waals surface area (Å²) >= 11 is 0. The van der Waals surface area contributed by atoms with Crippen molar-refractivity contribution in [2.75, 3.05) is 30.8 Å². The Labute approximate surface area is 204 Å². The Hall–Kier alpha value is -3.29. The van der Waals surface area contributed by atoms with Crippen LogP contribution in [0.1, 0.15) is 28.9 Å². The van der Waals surface area contributed by atoms with E-state index < -0.39 is 37.6 Å². The number of carbonyl (C=O) groups excluding carboxylic acids is 1. The van der Waals surface area contributed by atoms with Crippen LogP contribution in [-0.2, 0) is 24.9 Å². The molecule has 0 bridgehead atoms. The first-order valence-corrected chi connectivity index (χ1v) is 13.6. The zero-order chi connectivity index (χ0) is 25.8. The van der Waals surface area contributed by atoms with Crippen LogP contribution in [0.25, 0.3) is 10.9 Å². The van der Waals surface area contributed by atoms with Crippen LogP contribution in [0.4, 0.5) is 5.82 Å². The topological polar surface area (TPSA) is 159 Å². The lowest BCUT2D eigenvalue weighted by molar-refractivity contribution is 0.0592. The number of nitrogens with two attached hydrogens (primary N) is 1. The van der Waals surface area contributed by atoms with Gasteiger partial charge in [0.15, 0.2) is 11.5 Å². The molecule has 13 heteroatoms. The molecule has 0 saturated carbocycles. The van der Waals surface area contributed by atoms with Gasteiger partial charge in [-0.25, -0.2) is 18.2 Å². The molecule has 0 unspecified atom stereocenters. The fourth-order valence-corrected chi connectivity index (χ4v) is 5.40. The molecule has 0 aliphatic carbocycles. The summed E-state index contributed by atoms with van der Waals surface area (Å²) in [7, 11) is -5.87. The first-order valence-electron chi connectivity index (χ1n) is 10.6. The van der Waals surface area contributed by atoms with Gasteiger partial charge in [-0.05, 0) is 50.6 Å². The van der Waals surface area contributed by atoms with Gasteiger partial charge in [0, 0.05) is 18.6 Å². The quantitative estimate of drug-likeness (QED) is 0.237. The summed E-state index contributed by atoms with van der Waals surface area (Å²) in [6, 6.07) is 8.95. The van der Waals surface area contributed by atoms with Crippen molar-refractivity contribution in [2.45, 2.75) is 24.7 Å². The number of hydrogen-bond donors (Lipinski definition) is 1. The summed E-state index contributed by atoms with van der Waals surface area (Å²) in [5, 5.41) is 0.166. The van der Waals surface area contributed by atoms with E-state index >= 15 is 0 Å². The number of rotatable bonds is 10. The van der Waals surface area contributed by atoms with Crippen molar-refractivity contribution in [1.29, 1.82) is 0 Å². The number of aromatic nitrogens is 2. The van der Waals surface area contributed by atoms with Gasteiger partial charge in [-0.2, -0.15) is 8.42 Å². The standard InChI is InChI=1S/C22H26N4O7S2/c1-15-8-10-16(11-9-15)35(30,31)33-20-18-17(7-6-13-24-18)21(25-19(20)22(27)32-3)26(2)34(28,29)14-5-4-12-23/h6-11,13H,4-5,12,14,23H2,1-3H3. The highest BCUT2D eigenvalue weighted by Crippen LogP contribution is 2.36. The van der Waals surface area contributed by atoms with Crippen molar-refractivity contribution >= 4 is 42.8 Å². The largest absolute Gasteiger partial charge is 0.464 e. The van der Waals surface area contributed by atoms with Crippen molar-refractivity contribution in [3.8, 4) is 5.75 Å². The number of carbonyl (C=O) groups is 1. The van der Waals surface area contributed by atoms with Gasteiger partial charge in [0.25, 0.3) is 0 Å². The van der Waals surface area contributed by atoms with Crippen molar-refractivity contribution in [3.63, 3.8) is 0 Å². The van der Waals surface area contributed by atoms with E-state index in [1.165, 1.54) is 37.5 Å². The smallest absolute Gasteiger partial charge is 0.360 e. The fraction of sp³-hybridized carbons (Fsp3) is 0.318. The Bertz CT molecular complexity index is 1440. The summed E-state index contributed by atoms with van der Waals surface area (Å²) in [4.78, 5) is 20.8. The van der Waals surface area contributed by atoms with Gasteiger partial charge in [-0.3, -0.25) is 9.29 Å². The molecule has 35 heavy (non-hydrogen) atoms. The van der Waals surface area contributed by atoms with E-state index in [1.807, 2.05) is 0 Å². The highest BCUT2D eigenvalue weighted by Gasteiger charge is 2.30. The van der Waals surface area contributed by atoms with Gasteiger partial charge in [0.05, 0.1) is 12.9 Å². The molecule has 0 saturated heterocycles. The van der Waals surface area contributed by atoms with E-state index in [1.54, 1.807) is 19.1 Å². The maximum absolute atomic E-state index is 13.0. The number of fused-ring (bicyclic) bond motifs is 1. The molecule has 3 rings (SSSR count). The maximum Gasteiger partial charge on any atom is 0.360 e. The third-order valence-electron chi connectivity index (χ3n) is 5.15. The maximum atomic E-state index is 13.0. The number of nitrogens with zero attached hydrogens (tertiary/aromatic N) is 3. The highest BCUT2D eigenvalue weighted by molar-refractivity contribution is 7.92. The van der Waals surface area contributed by atoms with Crippen molar-refractivity contribution in [2.24, 2.45) is 5.73 Å². The van der Waals surface area contributed by atoms with Gasteiger partial charge < -0.3 is 14.7 Å². The number of sulfonamides is 1. The number of hydrogen-bond acceptors (Lipinski definition) is 10. The van der Waals surface area contributed by atoms with E-state index in [0.717, 1.165) is 17.0 Å². The van der Waals surface area contributed by atoms with E-state index in [9.17, 15) is 21.6 Å². The molecule has 11 nitrogen and oxygen atoms in total. The van der Waals surface area contributed by atoms with E-state index in [4.69, 9.17) is 14.7 Å².